The van der Waals surface area contributed by atoms with Crippen molar-refractivity contribution in [1.29, 1.82) is 0 Å². The molecule has 1 aromatic carbocycles. The third-order valence-corrected chi connectivity index (χ3v) is 1.98. The lowest BCUT2D eigenvalue weighted by molar-refractivity contribution is 0.482. The Balaban J connectivity index is 2.22. The number of nitrogens with two attached hydrogens (primary N) is 1. The van der Waals surface area contributed by atoms with E-state index in [2.05, 4.69) is 4.98 Å². The Hall–Kier alpha value is -2.03. The van der Waals surface area contributed by atoms with Crippen LogP contribution in [0, 0.1) is 6.92 Å². The van der Waals surface area contributed by atoms with Crippen LogP contribution in [0.5, 0.6) is 11.5 Å². The predicted molar refractivity (Wildman–Crippen MR) is 59.9 cm³/mol. The molecule has 0 saturated heterocycles. The number of hydrogen-bond acceptors (Lipinski definition) is 3. The van der Waals surface area contributed by atoms with Crippen LogP contribution in [0.3, 0.4) is 0 Å². The number of ether oxygens (including phenoxy) is 1. The molecule has 15 heavy (non-hydrogen) atoms. The number of nitrogen functional groups attached to an aromatic ring is 1. The monoisotopic (exact) mass is 200 g/mol. The van der Waals surface area contributed by atoms with Crippen molar-refractivity contribution in [2.75, 3.05) is 5.73 Å². The molecule has 0 aliphatic carbocycles. The first-order valence-electron chi connectivity index (χ1n) is 4.70. The van der Waals surface area contributed by atoms with E-state index in [1.165, 1.54) is 0 Å². The fourth-order valence-corrected chi connectivity index (χ4v) is 1.31. The summed E-state index contributed by atoms with van der Waals surface area (Å²) in [5.74, 6) is 1.97. The maximum absolute atomic E-state index is 5.62. The van der Waals surface area contributed by atoms with E-state index in [9.17, 15) is 0 Å². The second-order valence-corrected chi connectivity index (χ2v) is 3.33. The van der Waals surface area contributed by atoms with Crippen LogP contribution < -0.4 is 10.5 Å². The number of benzene rings is 1. The summed E-state index contributed by atoms with van der Waals surface area (Å²) >= 11 is 0. The second-order valence-electron chi connectivity index (χ2n) is 3.33. The van der Waals surface area contributed by atoms with Gasteiger partial charge in [0.2, 0.25) is 0 Å². The second kappa shape index (κ2) is 4.00. The summed E-state index contributed by atoms with van der Waals surface area (Å²) in [6.45, 7) is 2.02. The van der Waals surface area contributed by atoms with E-state index in [-0.39, 0.29) is 0 Å². The van der Waals surface area contributed by atoms with E-state index < -0.39 is 0 Å². The molecule has 0 amide bonds. The van der Waals surface area contributed by atoms with Gasteiger partial charge in [0.15, 0.2) is 0 Å². The lowest BCUT2D eigenvalue weighted by Crippen LogP contribution is -1.90. The molecule has 0 unspecified atom stereocenters. The molecular formula is C12H12N2O. The minimum Gasteiger partial charge on any atom is -0.457 e. The van der Waals surface area contributed by atoms with E-state index in [1.807, 2.05) is 31.2 Å². The van der Waals surface area contributed by atoms with E-state index in [1.54, 1.807) is 18.3 Å². The van der Waals surface area contributed by atoms with Gasteiger partial charge in [-0.05, 0) is 30.7 Å². The Kier molecular flexibility index (Phi) is 2.54. The summed E-state index contributed by atoms with van der Waals surface area (Å²) in [4.78, 5) is 3.90. The van der Waals surface area contributed by atoms with Crippen molar-refractivity contribution in [1.82, 2.24) is 4.98 Å². The van der Waals surface area contributed by atoms with Crippen LogP contribution in [0.4, 0.5) is 5.82 Å². The Morgan fingerprint density at radius 2 is 1.93 bits per heavy atom. The highest BCUT2D eigenvalue weighted by atomic mass is 16.5. The molecule has 3 heteroatoms. The lowest BCUT2D eigenvalue weighted by Gasteiger charge is -2.06. The molecule has 0 atom stereocenters. The zero-order valence-electron chi connectivity index (χ0n) is 8.47. The van der Waals surface area contributed by atoms with Crippen molar-refractivity contribution < 1.29 is 4.74 Å². The van der Waals surface area contributed by atoms with Crippen molar-refractivity contribution in [2.24, 2.45) is 0 Å². The summed E-state index contributed by atoms with van der Waals surface area (Å²) in [6, 6.07) is 11.3. The van der Waals surface area contributed by atoms with Gasteiger partial charge in [0.25, 0.3) is 0 Å². The summed E-state index contributed by atoms with van der Waals surface area (Å²) in [6.07, 6.45) is 1.63. The van der Waals surface area contributed by atoms with Crippen molar-refractivity contribution in [3.05, 3.63) is 48.2 Å². The predicted octanol–water partition coefficient (Wildman–Crippen LogP) is 2.76. The lowest BCUT2D eigenvalue weighted by atomic mass is 10.2. The van der Waals surface area contributed by atoms with Gasteiger partial charge >= 0.3 is 0 Å². The topological polar surface area (TPSA) is 48.1 Å². The standard InChI is InChI=1S/C12H12N2O/c1-9-3-2-4-10(7-9)15-11-5-6-14-12(13)8-11/h2-8H,1H3,(H2,13,14). The van der Waals surface area contributed by atoms with Crippen LogP contribution in [-0.2, 0) is 0 Å². The Bertz CT molecular complexity index is 425. The van der Waals surface area contributed by atoms with Crippen molar-refractivity contribution >= 4 is 5.82 Å². The third kappa shape index (κ3) is 2.47. The van der Waals surface area contributed by atoms with Crippen LogP contribution in [-0.4, -0.2) is 4.98 Å². The molecule has 2 aromatic rings. The van der Waals surface area contributed by atoms with Gasteiger partial charge in [0.05, 0.1) is 0 Å². The van der Waals surface area contributed by atoms with Crippen molar-refractivity contribution in [3.63, 3.8) is 0 Å². The van der Waals surface area contributed by atoms with Gasteiger partial charge in [-0.15, -0.1) is 0 Å². The molecule has 0 spiro atoms. The third-order valence-electron chi connectivity index (χ3n) is 1.98. The van der Waals surface area contributed by atoms with Gasteiger partial charge in [0, 0.05) is 12.3 Å². The Morgan fingerprint density at radius 3 is 2.67 bits per heavy atom. The average molecular weight is 200 g/mol. The minimum absolute atomic E-state index is 0.458. The Morgan fingerprint density at radius 1 is 1.13 bits per heavy atom. The number of aryl methyl sites for hydroxylation is 1. The highest BCUT2D eigenvalue weighted by Crippen LogP contribution is 2.22. The molecule has 0 aliphatic heterocycles. The fraction of sp³-hybridized carbons (Fsp3) is 0.0833. The SMILES string of the molecule is Cc1cccc(Oc2ccnc(N)c2)c1. The molecule has 1 aromatic heterocycles. The normalized spacial score (nSPS) is 9.93. The zero-order valence-corrected chi connectivity index (χ0v) is 8.47. The number of hydrogen-bond donors (Lipinski definition) is 1. The van der Waals surface area contributed by atoms with Crippen LogP contribution in [0.15, 0.2) is 42.6 Å². The van der Waals surface area contributed by atoms with E-state index >= 15 is 0 Å². The molecule has 2 N–H and O–H groups in total. The smallest absolute Gasteiger partial charge is 0.132 e. The van der Waals surface area contributed by atoms with Crippen molar-refractivity contribution in [2.45, 2.75) is 6.92 Å². The summed E-state index contributed by atoms with van der Waals surface area (Å²) < 4.78 is 5.62. The van der Waals surface area contributed by atoms with Crippen LogP contribution in [0.2, 0.25) is 0 Å². The quantitative estimate of drug-likeness (QED) is 0.810. The zero-order chi connectivity index (χ0) is 10.7. The highest BCUT2D eigenvalue weighted by Gasteiger charge is 1.97. The first kappa shape index (κ1) is 9.52. The molecular weight excluding hydrogens is 188 g/mol. The molecule has 0 bridgehead atoms. The van der Waals surface area contributed by atoms with E-state index in [4.69, 9.17) is 10.5 Å². The molecule has 76 valence electrons. The van der Waals surface area contributed by atoms with Crippen molar-refractivity contribution in [3.8, 4) is 11.5 Å². The van der Waals surface area contributed by atoms with Gasteiger partial charge in [-0.3, -0.25) is 0 Å². The van der Waals surface area contributed by atoms with Crippen LogP contribution in [0.25, 0.3) is 0 Å². The van der Waals surface area contributed by atoms with Gasteiger partial charge in [-0.1, -0.05) is 12.1 Å². The number of nitrogens with zero attached hydrogens (tertiary/aromatic N) is 1. The molecule has 0 radical (unpaired) electrons. The number of rotatable bonds is 2. The summed E-state index contributed by atoms with van der Waals surface area (Å²) in [7, 11) is 0. The molecule has 1 heterocycles. The van der Waals surface area contributed by atoms with Gasteiger partial charge < -0.3 is 10.5 Å². The van der Waals surface area contributed by atoms with Crippen LogP contribution >= 0.6 is 0 Å². The number of anilines is 1. The maximum Gasteiger partial charge on any atom is 0.132 e. The van der Waals surface area contributed by atoms with E-state index in [0.29, 0.717) is 11.6 Å². The fourth-order valence-electron chi connectivity index (χ4n) is 1.31. The Labute approximate surface area is 88.5 Å². The van der Waals surface area contributed by atoms with Crippen LogP contribution in [0.1, 0.15) is 5.56 Å². The van der Waals surface area contributed by atoms with E-state index in [0.717, 1.165) is 11.3 Å². The number of aromatic nitrogens is 1. The summed E-state index contributed by atoms with van der Waals surface area (Å²) in [5.41, 5.74) is 6.71. The summed E-state index contributed by atoms with van der Waals surface area (Å²) in [5, 5.41) is 0. The maximum atomic E-state index is 5.62. The first-order chi connectivity index (χ1) is 7.24. The molecule has 3 nitrogen and oxygen atoms in total. The molecule has 0 fully saturated rings. The van der Waals surface area contributed by atoms with Gasteiger partial charge in [-0.2, -0.15) is 0 Å². The average Bonchev–Trinajstić information content (AvgIpc) is 2.17. The first-order valence-corrected chi connectivity index (χ1v) is 4.70. The molecule has 2 rings (SSSR count). The largest absolute Gasteiger partial charge is 0.457 e. The molecule has 0 saturated carbocycles. The number of pyridine rings is 1. The van der Waals surface area contributed by atoms with Gasteiger partial charge in [0.1, 0.15) is 17.3 Å². The highest BCUT2D eigenvalue weighted by molar-refractivity contribution is 5.39. The van der Waals surface area contributed by atoms with Gasteiger partial charge in [-0.25, -0.2) is 4.98 Å². The molecule has 0 aliphatic rings. The minimum atomic E-state index is 0.458.